The second kappa shape index (κ2) is 5.41. The molecule has 0 fully saturated rings. The summed E-state index contributed by atoms with van der Waals surface area (Å²) >= 11 is 6.23. The number of anilines is 2. The Bertz CT molecular complexity index is 712. The quantitative estimate of drug-likeness (QED) is 0.814. The van der Waals surface area contributed by atoms with Crippen LogP contribution in [0, 0.1) is 6.92 Å². The van der Waals surface area contributed by atoms with Crippen LogP contribution in [0.3, 0.4) is 0 Å². The number of carbonyl (C=O) groups is 1. The maximum absolute atomic E-state index is 12.8. The average Bonchev–Trinajstić information content (AvgIpc) is 2.46. The Morgan fingerprint density at radius 1 is 1.24 bits per heavy atom. The van der Waals surface area contributed by atoms with Crippen LogP contribution in [0.5, 0.6) is 0 Å². The highest BCUT2D eigenvalue weighted by molar-refractivity contribution is 6.34. The molecule has 0 aliphatic carbocycles. The molecule has 4 heteroatoms. The third kappa shape index (κ3) is 2.61. The molecule has 108 valence electrons. The van der Waals surface area contributed by atoms with Gasteiger partial charge in [-0.05, 0) is 55.2 Å². The highest BCUT2D eigenvalue weighted by Crippen LogP contribution is 2.31. The lowest BCUT2D eigenvalue weighted by Crippen LogP contribution is -2.35. The smallest absolute Gasteiger partial charge is 0.259 e. The van der Waals surface area contributed by atoms with E-state index in [0.717, 1.165) is 29.7 Å². The molecule has 0 spiro atoms. The molecule has 1 amide bonds. The number of amides is 1. The molecule has 2 N–H and O–H groups in total. The number of halogens is 1. The number of carbonyl (C=O) groups excluding carboxylic acids is 1. The van der Waals surface area contributed by atoms with Crippen LogP contribution in [0.15, 0.2) is 36.4 Å². The van der Waals surface area contributed by atoms with E-state index in [1.807, 2.05) is 37.3 Å². The maximum Gasteiger partial charge on any atom is 0.259 e. The first-order chi connectivity index (χ1) is 10.1. The van der Waals surface area contributed by atoms with Gasteiger partial charge in [0, 0.05) is 17.9 Å². The standard InChI is InChI=1S/C17H17ClN2O/c1-11-4-7-14(15(18)9-11)17(21)20-8-2-3-12-5-6-13(19)10-16(12)20/h4-7,9-10H,2-3,8,19H2,1H3. The lowest BCUT2D eigenvalue weighted by Gasteiger charge is -2.30. The molecular formula is C17H17ClN2O. The van der Waals surface area contributed by atoms with Gasteiger partial charge in [-0.3, -0.25) is 4.79 Å². The van der Waals surface area contributed by atoms with Crippen molar-refractivity contribution in [2.45, 2.75) is 19.8 Å². The molecule has 3 nitrogen and oxygen atoms in total. The van der Waals surface area contributed by atoms with Crippen molar-refractivity contribution in [3.8, 4) is 0 Å². The molecular weight excluding hydrogens is 284 g/mol. The Balaban J connectivity index is 2.02. The van der Waals surface area contributed by atoms with E-state index in [2.05, 4.69) is 0 Å². The van der Waals surface area contributed by atoms with Crippen LogP contribution >= 0.6 is 11.6 Å². The van der Waals surface area contributed by atoms with Crippen molar-refractivity contribution in [3.05, 3.63) is 58.1 Å². The molecule has 21 heavy (non-hydrogen) atoms. The van der Waals surface area contributed by atoms with Crippen LogP contribution in [-0.4, -0.2) is 12.5 Å². The fourth-order valence-corrected chi connectivity index (χ4v) is 3.06. The summed E-state index contributed by atoms with van der Waals surface area (Å²) in [4.78, 5) is 14.6. The van der Waals surface area contributed by atoms with Gasteiger partial charge in [-0.1, -0.05) is 23.7 Å². The van der Waals surface area contributed by atoms with Crippen LogP contribution in [0.25, 0.3) is 0 Å². The lowest BCUT2D eigenvalue weighted by molar-refractivity contribution is 0.0985. The first-order valence-corrected chi connectivity index (χ1v) is 7.40. The summed E-state index contributed by atoms with van der Waals surface area (Å²) in [7, 11) is 0. The van der Waals surface area contributed by atoms with E-state index in [1.165, 1.54) is 0 Å². The fraction of sp³-hybridized carbons (Fsp3) is 0.235. The Hall–Kier alpha value is -2.00. The fourth-order valence-electron chi connectivity index (χ4n) is 2.74. The summed E-state index contributed by atoms with van der Waals surface area (Å²) in [5.74, 6) is -0.0634. The first-order valence-electron chi connectivity index (χ1n) is 7.02. The van der Waals surface area contributed by atoms with Gasteiger partial charge in [0.25, 0.3) is 5.91 Å². The van der Waals surface area contributed by atoms with Gasteiger partial charge < -0.3 is 10.6 Å². The SMILES string of the molecule is Cc1ccc(C(=O)N2CCCc3ccc(N)cc32)c(Cl)c1. The maximum atomic E-state index is 12.8. The van der Waals surface area contributed by atoms with Crippen molar-refractivity contribution in [1.29, 1.82) is 0 Å². The largest absolute Gasteiger partial charge is 0.399 e. The van der Waals surface area contributed by atoms with E-state index in [4.69, 9.17) is 17.3 Å². The molecule has 2 aromatic rings. The Morgan fingerprint density at radius 3 is 2.81 bits per heavy atom. The number of nitrogens with zero attached hydrogens (tertiary/aromatic N) is 1. The van der Waals surface area contributed by atoms with Crippen LogP contribution in [-0.2, 0) is 6.42 Å². The predicted molar refractivity (Wildman–Crippen MR) is 87.0 cm³/mol. The van der Waals surface area contributed by atoms with Crippen molar-refractivity contribution in [3.63, 3.8) is 0 Å². The minimum atomic E-state index is -0.0634. The monoisotopic (exact) mass is 300 g/mol. The highest BCUT2D eigenvalue weighted by atomic mass is 35.5. The Kier molecular flexibility index (Phi) is 3.60. The first kappa shape index (κ1) is 14.0. The van der Waals surface area contributed by atoms with E-state index in [-0.39, 0.29) is 5.91 Å². The van der Waals surface area contributed by atoms with E-state index in [0.29, 0.717) is 22.8 Å². The van der Waals surface area contributed by atoms with E-state index in [9.17, 15) is 4.79 Å². The molecule has 1 aliphatic rings. The third-order valence-electron chi connectivity index (χ3n) is 3.83. The minimum Gasteiger partial charge on any atom is -0.399 e. The number of hydrogen-bond acceptors (Lipinski definition) is 2. The van der Waals surface area contributed by atoms with Crippen LogP contribution in [0.1, 0.15) is 27.9 Å². The zero-order valence-corrected chi connectivity index (χ0v) is 12.7. The number of aryl methyl sites for hydroxylation is 2. The topological polar surface area (TPSA) is 46.3 Å². The number of nitrogens with two attached hydrogens (primary N) is 1. The molecule has 1 heterocycles. The molecule has 1 aliphatic heterocycles. The number of rotatable bonds is 1. The third-order valence-corrected chi connectivity index (χ3v) is 4.14. The summed E-state index contributed by atoms with van der Waals surface area (Å²) in [6.07, 6.45) is 1.92. The predicted octanol–water partition coefficient (Wildman–Crippen LogP) is 3.82. The lowest BCUT2D eigenvalue weighted by atomic mass is 10.00. The highest BCUT2D eigenvalue weighted by Gasteiger charge is 2.25. The van der Waals surface area contributed by atoms with Crippen molar-refractivity contribution < 1.29 is 4.79 Å². The van der Waals surface area contributed by atoms with Crippen LogP contribution in [0.2, 0.25) is 5.02 Å². The number of hydrogen-bond donors (Lipinski definition) is 1. The summed E-state index contributed by atoms with van der Waals surface area (Å²) in [5.41, 5.74) is 10.2. The number of fused-ring (bicyclic) bond motifs is 1. The second-order valence-corrected chi connectivity index (χ2v) is 5.84. The minimum absolute atomic E-state index is 0.0634. The van der Waals surface area contributed by atoms with Gasteiger partial charge in [-0.15, -0.1) is 0 Å². The summed E-state index contributed by atoms with van der Waals surface area (Å²) in [6, 6.07) is 11.3. The van der Waals surface area contributed by atoms with E-state index < -0.39 is 0 Å². The van der Waals surface area contributed by atoms with Gasteiger partial charge in [-0.25, -0.2) is 0 Å². The van der Waals surface area contributed by atoms with Crippen molar-refractivity contribution >= 4 is 28.9 Å². The Labute approximate surface area is 129 Å². The molecule has 0 atom stereocenters. The van der Waals surface area contributed by atoms with Crippen molar-refractivity contribution in [2.75, 3.05) is 17.2 Å². The van der Waals surface area contributed by atoms with E-state index >= 15 is 0 Å². The Morgan fingerprint density at radius 2 is 2.05 bits per heavy atom. The summed E-state index contributed by atoms with van der Waals surface area (Å²) in [6.45, 7) is 2.65. The van der Waals surface area contributed by atoms with Crippen molar-refractivity contribution in [2.24, 2.45) is 0 Å². The molecule has 0 saturated carbocycles. The second-order valence-electron chi connectivity index (χ2n) is 5.43. The van der Waals surface area contributed by atoms with E-state index in [1.54, 1.807) is 11.0 Å². The number of nitrogen functional groups attached to an aromatic ring is 1. The summed E-state index contributed by atoms with van der Waals surface area (Å²) in [5, 5.41) is 0.496. The van der Waals surface area contributed by atoms with Crippen LogP contribution < -0.4 is 10.6 Å². The number of benzene rings is 2. The molecule has 0 radical (unpaired) electrons. The van der Waals surface area contributed by atoms with Crippen molar-refractivity contribution in [1.82, 2.24) is 0 Å². The molecule has 0 aromatic heterocycles. The summed E-state index contributed by atoms with van der Waals surface area (Å²) < 4.78 is 0. The van der Waals surface area contributed by atoms with Crippen LogP contribution in [0.4, 0.5) is 11.4 Å². The van der Waals surface area contributed by atoms with Gasteiger partial charge in [0.05, 0.1) is 10.6 Å². The average molecular weight is 301 g/mol. The molecule has 0 bridgehead atoms. The van der Waals surface area contributed by atoms with Gasteiger partial charge in [0.15, 0.2) is 0 Å². The molecule has 2 aromatic carbocycles. The molecule has 0 unspecified atom stereocenters. The zero-order valence-electron chi connectivity index (χ0n) is 11.9. The molecule has 3 rings (SSSR count). The van der Waals surface area contributed by atoms with Gasteiger partial charge in [-0.2, -0.15) is 0 Å². The van der Waals surface area contributed by atoms with Gasteiger partial charge in [0.2, 0.25) is 0 Å². The molecule has 0 saturated heterocycles. The zero-order chi connectivity index (χ0) is 15.0. The van der Waals surface area contributed by atoms with Gasteiger partial charge >= 0.3 is 0 Å². The van der Waals surface area contributed by atoms with Gasteiger partial charge in [0.1, 0.15) is 0 Å². The normalized spacial score (nSPS) is 13.9.